The number of benzene rings is 2. The molecular formula is C17H15NO. The highest BCUT2D eigenvalue weighted by atomic mass is 16.4. The van der Waals surface area contributed by atoms with E-state index in [1.54, 1.807) is 0 Å². The van der Waals surface area contributed by atoms with Gasteiger partial charge in [0.05, 0.1) is 5.71 Å². The summed E-state index contributed by atoms with van der Waals surface area (Å²) in [5.41, 5.74) is 7.62. The summed E-state index contributed by atoms with van der Waals surface area (Å²) < 4.78 is 0. The summed E-state index contributed by atoms with van der Waals surface area (Å²) in [6, 6.07) is 15.1. The van der Waals surface area contributed by atoms with Crippen LogP contribution in [0.15, 0.2) is 47.6 Å². The summed E-state index contributed by atoms with van der Waals surface area (Å²) in [7, 11) is 0. The zero-order chi connectivity index (χ0) is 12.8. The summed E-state index contributed by atoms with van der Waals surface area (Å²) in [5, 5.41) is 12.8. The molecule has 0 amide bonds. The van der Waals surface area contributed by atoms with Gasteiger partial charge in [-0.25, -0.2) is 0 Å². The van der Waals surface area contributed by atoms with Crippen molar-refractivity contribution in [3.8, 4) is 0 Å². The zero-order valence-electron chi connectivity index (χ0n) is 10.6. The highest BCUT2D eigenvalue weighted by Crippen LogP contribution is 2.43. The van der Waals surface area contributed by atoms with Crippen LogP contribution < -0.4 is 0 Å². The first-order chi connectivity index (χ1) is 9.38. The van der Waals surface area contributed by atoms with Crippen molar-refractivity contribution in [2.24, 2.45) is 5.16 Å². The van der Waals surface area contributed by atoms with Gasteiger partial charge in [0, 0.05) is 17.9 Å². The van der Waals surface area contributed by atoms with Crippen LogP contribution in [0.3, 0.4) is 0 Å². The van der Waals surface area contributed by atoms with Crippen LogP contribution in [0.5, 0.6) is 0 Å². The summed E-state index contributed by atoms with van der Waals surface area (Å²) >= 11 is 0. The first-order valence-corrected chi connectivity index (χ1v) is 6.79. The molecule has 2 aliphatic rings. The Balaban J connectivity index is 2.01. The van der Waals surface area contributed by atoms with Crippen LogP contribution in [0.4, 0.5) is 0 Å². The lowest BCUT2D eigenvalue weighted by Crippen LogP contribution is -2.00. The van der Waals surface area contributed by atoms with Crippen LogP contribution >= 0.6 is 0 Å². The maximum absolute atomic E-state index is 9.24. The molecular weight excluding hydrogens is 234 g/mol. The lowest BCUT2D eigenvalue weighted by Gasteiger charge is -2.14. The quantitative estimate of drug-likeness (QED) is 0.562. The summed E-state index contributed by atoms with van der Waals surface area (Å²) in [6.07, 6.45) is 3.00. The van der Waals surface area contributed by atoms with E-state index in [9.17, 15) is 5.21 Å². The van der Waals surface area contributed by atoms with Gasteiger partial charge in [-0.15, -0.1) is 0 Å². The highest BCUT2D eigenvalue weighted by Gasteiger charge is 2.34. The molecule has 1 atom stereocenters. The molecule has 0 radical (unpaired) electrons. The van der Waals surface area contributed by atoms with Gasteiger partial charge in [0.15, 0.2) is 0 Å². The minimum atomic E-state index is 0.371. The molecule has 2 aromatic rings. The predicted octanol–water partition coefficient (Wildman–Crippen LogP) is 3.50. The van der Waals surface area contributed by atoms with Crippen molar-refractivity contribution in [2.75, 3.05) is 0 Å². The fourth-order valence-electron chi connectivity index (χ4n) is 3.63. The molecule has 0 aromatic heterocycles. The van der Waals surface area contributed by atoms with Crippen molar-refractivity contribution in [2.45, 2.75) is 25.2 Å². The number of rotatable bonds is 0. The van der Waals surface area contributed by atoms with Gasteiger partial charge < -0.3 is 5.21 Å². The first kappa shape index (κ1) is 10.8. The molecule has 0 spiro atoms. The molecule has 0 saturated carbocycles. The van der Waals surface area contributed by atoms with Gasteiger partial charge in [-0.2, -0.15) is 0 Å². The third kappa shape index (κ3) is 1.46. The number of aryl methyl sites for hydroxylation is 2. The number of hydrogen-bond donors (Lipinski definition) is 1. The molecule has 19 heavy (non-hydrogen) atoms. The molecule has 2 nitrogen and oxygen atoms in total. The van der Waals surface area contributed by atoms with E-state index in [0.29, 0.717) is 5.92 Å². The normalized spacial score (nSPS) is 21.9. The smallest absolute Gasteiger partial charge is 0.0880 e. The maximum Gasteiger partial charge on any atom is 0.0880 e. The number of nitrogens with zero attached hydrogens (tertiary/aromatic N) is 1. The average molecular weight is 249 g/mol. The Hall–Kier alpha value is -2.09. The van der Waals surface area contributed by atoms with Gasteiger partial charge >= 0.3 is 0 Å². The van der Waals surface area contributed by atoms with Gasteiger partial charge in [0.25, 0.3) is 0 Å². The van der Waals surface area contributed by atoms with Crippen molar-refractivity contribution in [1.82, 2.24) is 0 Å². The van der Waals surface area contributed by atoms with Gasteiger partial charge in [0.2, 0.25) is 0 Å². The van der Waals surface area contributed by atoms with Crippen molar-refractivity contribution in [3.05, 3.63) is 70.3 Å². The molecule has 0 bridgehead atoms. The van der Waals surface area contributed by atoms with Gasteiger partial charge in [-0.05, 0) is 35.1 Å². The molecule has 1 N–H and O–H groups in total. The maximum atomic E-state index is 9.24. The predicted molar refractivity (Wildman–Crippen MR) is 75.1 cm³/mol. The van der Waals surface area contributed by atoms with Crippen LogP contribution in [0.1, 0.15) is 40.2 Å². The summed E-state index contributed by atoms with van der Waals surface area (Å²) in [6.45, 7) is 0. The molecule has 1 unspecified atom stereocenters. The van der Waals surface area contributed by atoms with Crippen molar-refractivity contribution < 1.29 is 5.21 Å². The zero-order valence-corrected chi connectivity index (χ0v) is 10.6. The third-order valence-corrected chi connectivity index (χ3v) is 4.47. The Morgan fingerprint density at radius 3 is 2.63 bits per heavy atom. The molecule has 2 aliphatic carbocycles. The molecule has 0 aliphatic heterocycles. The van der Waals surface area contributed by atoms with Gasteiger partial charge in [-0.1, -0.05) is 47.6 Å². The van der Waals surface area contributed by atoms with Crippen LogP contribution in [0, 0.1) is 0 Å². The second-order valence-corrected chi connectivity index (χ2v) is 5.38. The lowest BCUT2D eigenvalue weighted by molar-refractivity contribution is 0.318. The van der Waals surface area contributed by atoms with Gasteiger partial charge in [0.1, 0.15) is 0 Å². The number of fused-ring (bicyclic) bond motifs is 2. The average Bonchev–Trinajstić information content (AvgIpc) is 2.76. The van der Waals surface area contributed by atoms with Crippen molar-refractivity contribution >= 4 is 5.71 Å². The van der Waals surface area contributed by atoms with E-state index < -0.39 is 0 Å². The fourth-order valence-corrected chi connectivity index (χ4v) is 3.63. The molecule has 0 fully saturated rings. The molecule has 4 rings (SSSR count). The Morgan fingerprint density at radius 1 is 0.947 bits per heavy atom. The van der Waals surface area contributed by atoms with E-state index in [0.717, 1.165) is 30.5 Å². The van der Waals surface area contributed by atoms with Crippen molar-refractivity contribution in [1.29, 1.82) is 0 Å². The monoisotopic (exact) mass is 249 g/mol. The van der Waals surface area contributed by atoms with Gasteiger partial charge in [-0.3, -0.25) is 0 Å². The Bertz CT molecular complexity index is 687. The minimum Gasteiger partial charge on any atom is -0.411 e. The molecule has 2 heteroatoms. The molecule has 94 valence electrons. The van der Waals surface area contributed by atoms with Crippen LogP contribution in [0.25, 0.3) is 0 Å². The fraction of sp³-hybridized carbons (Fsp3) is 0.235. The van der Waals surface area contributed by atoms with E-state index in [-0.39, 0.29) is 0 Å². The van der Waals surface area contributed by atoms with E-state index in [4.69, 9.17) is 0 Å². The van der Waals surface area contributed by atoms with E-state index in [2.05, 4.69) is 47.6 Å². The summed E-state index contributed by atoms with van der Waals surface area (Å²) in [4.78, 5) is 0. The summed E-state index contributed by atoms with van der Waals surface area (Å²) in [5.74, 6) is 0.371. The van der Waals surface area contributed by atoms with Crippen LogP contribution in [-0.4, -0.2) is 10.9 Å². The van der Waals surface area contributed by atoms with E-state index in [1.807, 2.05) is 0 Å². The third-order valence-electron chi connectivity index (χ3n) is 4.47. The minimum absolute atomic E-state index is 0.371. The van der Waals surface area contributed by atoms with Crippen LogP contribution in [-0.2, 0) is 12.8 Å². The Kier molecular flexibility index (Phi) is 2.25. The molecule has 2 aromatic carbocycles. The topological polar surface area (TPSA) is 32.6 Å². The lowest BCUT2D eigenvalue weighted by atomic mass is 9.90. The van der Waals surface area contributed by atoms with Crippen LogP contribution in [0.2, 0.25) is 0 Å². The Labute approximate surface area is 112 Å². The molecule has 0 saturated heterocycles. The number of hydrogen-bond acceptors (Lipinski definition) is 2. The second-order valence-electron chi connectivity index (χ2n) is 5.38. The standard InChI is InChI=1S/C17H15NO/c19-18-16-10-15-13-6-2-1-4-11(13)8-9-12-5-3-7-14(16)17(12)15/h1-7,15,19H,8-10H2/b18-16-. The largest absolute Gasteiger partial charge is 0.411 e. The van der Waals surface area contributed by atoms with E-state index in [1.165, 1.54) is 22.3 Å². The second kappa shape index (κ2) is 3.95. The van der Waals surface area contributed by atoms with Crippen molar-refractivity contribution in [3.63, 3.8) is 0 Å². The molecule has 0 heterocycles. The first-order valence-electron chi connectivity index (χ1n) is 6.79. The number of oxime groups is 1. The Morgan fingerprint density at radius 2 is 1.74 bits per heavy atom. The SMILES string of the molecule is O/N=C1/CC2c3ccccc3CCc3cccc1c32. The highest BCUT2D eigenvalue weighted by molar-refractivity contribution is 6.06. The van der Waals surface area contributed by atoms with E-state index >= 15 is 0 Å².